The number of hydrogen-bond donors (Lipinski definition) is 1. The molecular formula is C13H16N4O. The Morgan fingerprint density at radius 2 is 2.28 bits per heavy atom. The van der Waals surface area contributed by atoms with Gasteiger partial charge < -0.3 is 5.73 Å². The Kier molecular flexibility index (Phi) is 2.20. The van der Waals surface area contributed by atoms with Crippen molar-refractivity contribution in [1.29, 1.82) is 0 Å². The van der Waals surface area contributed by atoms with E-state index in [1.54, 1.807) is 7.05 Å². The van der Waals surface area contributed by atoms with Gasteiger partial charge in [-0.05, 0) is 43.4 Å². The van der Waals surface area contributed by atoms with Gasteiger partial charge in [-0.15, -0.1) is 0 Å². The van der Waals surface area contributed by atoms with Gasteiger partial charge in [0.15, 0.2) is 11.5 Å². The van der Waals surface area contributed by atoms with Gasteiger partial charge in [0.1, 0.15) is 0 Å². The largest absolute Gasteiger partial charge is 0.369 e. The lowest BCUT2D eigenvalue weighted by Gasteiger charge is -2.31. The molecule has 1 aliphatic heterocycles. The van der Waals surface area contributed by atoms with Crippen molar-refractivity contribution >= 4 is 11.9 Å². The average Bonchev–Trinajstić information content (AvgIpc) is 2.56. The van der Waals surface area contributed by atoms with Crippen LogP contribution < -0.4 is 5.73 Å². The van der Waals surface area contributed by atoms with Crippen LogP contribution >= 0.6 is 0 Å². The number of carbonyl (C=O) groups is 1. The monoisotopic (exact) mass is 244 g/mol. The molecule has 94 valence electrons. The summed E-state index contributed by atoms with van der Waals surface area (Å²) in [6, 6.07) is 1.97. The normalized spacial score (nSPS) is 26.4. The second-order valence-electron chi connectivity index (χ2n) is 5.03. The Labute approximate surface area is 106 Å². The molecule has 2 heterocycles. The molecular weight excluding hydrogens is 228 g/mol. The highest BCUT2D eigenvalue weighted by Gasteiger charge is 2.50. The van der Waals surface area contributed by atoms with Crippen LogP contribution in [0.3, 0.4) is 0 Å². The van der Waals surface area contributed by atoms with Crippen molar-refractivity contribution in [3.05, 3.63) is 29.1 Å². The first-order valence-electron chi connectivity index (χ1n) is 6.14. The standard InChI is InChI=1S/C13H16N4O/c1-8-6-10-9(7-15-8)4-3-5-13(10)11(18)17(2)12(14)16-13/h6-7H,3-5H2,1-2H3,(H2,14,16). The third-order valence-electron chi connectivity index (χ3n) is 3.86. The molecule has 2 N–H and O–H groups in total. The van der Waals surface area contributed by atoms with Gasteiger partial charge in [-0.2, -0.15) is 0 Å². The maximum Gasteiger partial charge on any atom is 0.261 e. The Morgan fingerprint density at radius 3 is 2.94 bits per heavy atom. The minimum atomic E-state index is -0.792. The molecule has 2 aliphatic rings. The van der Waals surface area contributed by atoms with Gasteiger partial charge >= 0.3 is 0 Å². The molecule has 3 rings (SSSR count). The van der Waals surface area contributed by atoms with E-state index in [0.29, 0.717) is 5.96 Å². The van der Waals surface area contributed by atoms with Gasteiger partial charge in [0.05, 0.1) is 0 Å². The van der Waals surface area contributed by atoms with Crippen LogP contribution in [0.2, 0.25) is 0 Å². The summed E-state index contributed by atoms with van der Waals surface area (Å²) in [6.07, 6.45) is 4.49. The Bertz CT molecular complexity index is 566. The molecule has 5 heteroatoms. The fraction of sp³-hybridized carbons (Fsp3) is 0.462. The molecule has 1 spiro atoms. The number of aliphatic imine (C=N–C) groups is 1. The molecule has 0 bridgehead atoms. The number of rotatable bonds is 0. The van der Waals surface area contributed by atoms with E-state index in [1.807, 2.05) is 19.2 Å². The topological polar surface area (TPSA) is 71.6 Å². The number of guanidine groups is 1. The molecule has 1 amide bonds. The number of nitrogens with zero attached hydrogens (tertiary/aromatic N) is 3. The summed E-state index contributed by atoms with van der Waals surface area (Å²) in [6.45, 7) is 1.93. The second kappa shape index (κ2) is 3.54. The third-order valence-corrected chi connectivity index (χ3v) is 3.86. The Morgan fingerprint density at radius 1 is 1.50 bits per heavy atom. The highest BCUT2D eigenvalue weighted by molar-refractivity contribution is 6.07. The van der Waals surface area contributed by atoms with E-state index in [2.05, 4.69) is 9.98 Å². The van der Waals surface area contributed by atoms with Gasteiger partial charge in [0, 0.05) is 18.9 Å². The van der Waals surface area contributed by atoms with Crippen molar-refractivity contribution in [2.75, 3.05) is 7.05 Å². The molecule has 1 aromatic heterocycles. The predicted molar refractivity (Wildman–Crippen MR) is 68.0 cm³/mol. The number of carbonyl (C=O) groups excluding carboxylic acids is 1. The first-order chi connectivity index (χ1) is 8.54. The van der Waals surface area contributed by atoms with E-state index in [-0.39, 0.29) is 5.91 Å². The van der Waals surface area contributed by atoms with Crippen LogP contribution in [0.15, 0.2) is 17.3 Å². The van der Waals surface area contributed by atoms with Crippen molar-refractivity contribution < 1.29 is 4.79 Å². The number of fused-ring (bicyclic) bond motifs is 2. The summed E-state index contributed by atoms with van der Waals surface area (Å²) in [5.41, 5.74) is 8.03. The van der Waals surface area contributed by atoms with E-state index in [1.165, 1.54) is 4.90 Å². The quantitative estimate of drug-likeness (QED) is 0.730. The van der Waals surface area contributed by atoms with Crippen molar-refractivity contribution in [1.82, 2.24) is 9.88 Å². The molecule has 0 saturated heterocycles. The molecule has 1 atom stereocenters. The highest BCUT2D eigenvalue weighted by Crippen LogP contribution is 2.42. The van der Waals surface area contributed by atoms with E-state index in [0.717, 1.165) is 36.1 Å². The zero-order valence-corrected chi connectivity index (χ0v) is 10.6. The molecule has 1 unspecified atom stereocenters. The van der Waals surface area contributed by atoms with Crippen LogP contribution in [0.25, 0.3) is 0 Å². The SMILES string of the molecule is Cc1cc2c(cn1)CCCC21N=C(N)N(C)C1=O. The minimum absolute atomic E-state index is 0.0217. The smallest absolute Gasteiger partial charge is 0.261 e. The Hall–Kier alpha value is -1.91. The average molecular weight is 244 g/mol. The molecule has 18 heavy (non-hydrogen) atoms. The molecule has 1 aliphatic carbocycles. The number of aryl methyl sites for hydroxylation is 2. The first-order valence-corrected chi connectivity index (χ1v) is 6.14. The Balaban J connectivity index is 2.22. The number of pyridine rings is 1. The number of hydrogen-bond acceptors (Lipinski definition) is 4. The van der Waals surface area contributed by atoms with Crippen LogP contribution in [-0.4, -0.2) is 28.8 Å². The van der Waals surface area contributed by atoms with Crippen LogP contribution in [0.1, 0.15) is 29.7 Å². The van der Waals surface area contributed by atoms with Crippen molar-refractivity contribution in [2.45, 2.75) is 31.7 Å². The van der Waals surface area contributed by atoms with Crippen molar-refractivity contribution in [3.63, 3.8) is 0 Å². The lowest BCUT2D eigenvalue weighted by atomic mass is 9.77. The molecule has 5 nitrogen and oxygen atoms in total. The number of amides is 1. The summed E-state index contributed by atoms with van der Waals surface area (Å²) in [4.78, 5) is 22.7. The van der Waals surface area contributed by atoms with E-state index in [9.17, 15) is 4.79 Å². The van der Waals surface area contributed by atoms with Crippen LogP contribution in [0, 0.1) is 6.92 Å². The van der Waals surface area contributed by atoms with E-state index >= 15 is 0 Å². The number of likely N-dealkylation sites (N-methyl/N-ethyl adjacent to an activating group) is 1. The molecule has 1 aromatic rings. The maximum atomic E-state index is 12.5. The summed E-state index contributed by atoms with van der Waals surface area (Å²) in [5, 5.41) is 0. The van der Waals surface area contributed by atoms with E-state index in [4.69, 9.17) is 5.73 Å². The highest BCUT2D eigenvalue weighted by atomic mass is 16.2. The van der Waals surface area contributed by atoms with Crippen molar-refractivity contribution in [3.8, 4) is 0 Å². The van der Waals surface area contributed by atoms with Gasteiger partial charge in [-0.1, -0.05) is 0 Å². The van der Waals surface area contributed by atoms with Crippen molar-refractivity contribution in [2.24, 2.45) is 10.7 Å². The van der Waals surface area contributed by atoms with Gasteiger partial charge in [0.2, 0.25) is 0 Å². The first kappa shape index (κ1) is 11.2. The summed E-state index contributed by atoms with van der Waals surface area (Å²) < 4.78 is 0. The minimum Gasteiger partial charge on any atom is -0.369 e. The number of aromatic nitrogens is 1. The summed E-state index contributed by atoms with van der Waals surface area (Å²) in [7, 11) is 1.68. The molecule has 0 saturated carbocycles. The van der Waals surface area contributed by atoms with Crippen LogP contribution in [0.4, 0.5) is 0 Å². The summed E-state index contributed by atoms with van der Waals surface area (Å²) in [5.74, 6) is 0.286. The lowest BCUT2D eigenvalue weighted by Crippen LogP contribution is -2.42. The van der Waals surface area contributed by atoms with E-state index < -0.39 is 5.54 Å². The fourth-order valence-corrected chi connectivity index (χ4v) is 2.88. The van der Waals surface area contributed by atoms with Crippen LogP contribution in [0.5, 0.6) is 0 Å². The zero-order chi connectivity index (χ0) is 12.9. The van der Waals surface area contributed by atoms with Gasteiger partial charge in [-0.3, -0.25) is 14.7 Å². The van der Waals surface area contributed by atoms with Gasteiger partial charge in [-0.25, -0.2) is 4.99 Å². The fourth-order valence-electron chi connectivity index (χ4n) is 2.88. The predicted octanol–water partition coefficient (Wildman–Crippen LogP) is 0.708. The zero-order valence-electron chi connectivity index (χ0n) is 10.6. The lowest BCUT2D eigenvalue weighted by molar-refractivity contribution is -0.131. The van der Waals surface area contributed by atoms with Crippen LogP contribution in [-0.2, 0) is 16.8 Å². The summed E-state index contributed by atoms with van der Waals surface area (Å²) >= 11 is 0. The molecule has 0 aromatic carbocycles. The molecule has 0 radical (unpaired) electrons. The number of nitrogens with two attached hydrogens (primary N) is 1. The maximum absolute atomic E-state index is 12.5. The van der Waals surface area contributed by atoms with Gasteiger partial charge in [0.25, 0.3) is 5.91 Å². The second-order valence-corrected chi connectivity index (χ2v) is 5.03. The molecule has 0 fully saturated rings. The third kappa shape index (κ3) is 1.30.